The summed E-state index contributed by atoms with van der Waals surface area (Å²) in [6, 6.07) is 15.5. The van der Waals surface area contributed by atoms with Crippen LogP contribution in [0.3, 0.4) is 0 Å². The van der Waals surface area contributed by atoms with Crippen LogP contribution in [0.2, 0.25) is 0 Å². The number of methoxy groups -OCH3 is 2. The molecule has 0 spiro atoms. The van der Waals surface area contributed by atoms with Crippen molar-refractivity contribution in [2.45, 2.75) is 0 Å². The summed E-state index contributed by atoms with van der Waals surface area (Å²) < 4.78 is 16.0. The number of carbonyl (C=O) groups is 1. The van der Waals surface area contributed by atoms with Gasteiger partial charge in [-0.15, -0.1) is 0 Å². The number of amides is 1. The maximum Gasteiger partial charge on any atom is 0.278 e. The second-order valence-electron chi connectivity index (χ2n) is 5.44. The second kappa shape index (κ2) is 8.09. The Morgan fingerprint density at radius 2 is 1.59 bits per heavy atom. The molecule has 2 N–H and O–H groups in total. The molecule has 0 radical (unpaired) electrons. The molecular formula is C20H18N2O5. The largest absolute Gasteiger partial charge is 0.503 e. The van der Waals surface area contributed by atoms with Crippen LogP contribution in [0.4, 0.5) is 5.69 Å². The van der Waals surface area contributed by atoms with Crippen molar-refractivity contribution in [2.24, 2.45) is 0 Å². The maximum atomic E-state index is 12.3. The van der Waals surface area contributed by atoms with Crippen LogP contribution in [0, 0.1) is 0 Å². The predicted molar refractivity (Wildman–Crippen MR) is 99.9 cm³/mol. The monoisotopic (exact) mass is 366 g/mol. The molecule has 7 heteroatoms. The minimum absolute atomic E-state index is 0.122. The highest BCUT2D eigenvalue weighted by Gasteiger charge is 2.17. The van der Waals surface area contributed by atoms with E-state index in [0.717, 1.165) is 0 Å². The van der Waals surface area contributed by atoms with Gasteiger partial charge in [0.1, 0.15) is 5.75 Å². The Morgan fingerprint density at radius 1 is 0.926 bits per heavy atom. The van der Waals surface area contributed by atoms with Crippen LogP contribution in [0.1, 0.15) is 10.5 Å². The molecule has 0 atom stereocenters. The van der Waals surface area contributed by atoms with Crippen LogP contribution in [-0.2, 0) is 0 Å². The Bertz CT molecular complexity index is 941. The number of nitrogens with zero attached hydrogens (tertiary/aromatic N) is 1. The summed E-state index contributed by atoms with van der Waals surface area (Å²) in [7, 11) is 2.97. The van der Waals surface area contributed by atoms with Crippen LogP contribution >= 0.6 is 0 Å². The number of rotatable bonds is 6. The Kier molecular flexibility index (Phi) is 5.41. The summed E-state index contributed by atoms with van der Waals surface area (Å²) in [5, 5.41) is 12.7. The molecule has 1 amide bonds. The number of aromatic nitrogens is 1. The van der Waals surface area contributed by atoms with Crippen LogP contribution in [0.15, 0.2) is 60.8 Å². The van der Waals surface area contributed by atoms with Crippen LogP contribution in [0.25, 0.3) is 0 Å². The van der Waals surface area contributed by atoms with Gasteiger partial charge in [-0.05, 0) is 36.4 Å². The van der Waals surface area contributed by atoms with E-state index >= 15 is 0 Å². The number of para-hydroxylation sites is 2. The maximum absolute atomic E-state index is 12.3. The third kappa shape index (κ3) is 4.09. The molecule has 7 nitrogen and oxygen atoms in total. The highest BCUT2D eigenvalue weighted by atomic mass is 16.5. The van der Waals surface area contributed by atoms with Gasteiger partial charge in [-0.1, -0.05) is 12.1 Å². The standard InChI is InChI=1S/C20H18N2O5/c1-25-15-5-3-4-6-16(15)27-14-9-7-13(8-10-14)22-20(24)18-19(23)17(26-2)11-12-21-18/h3-12,23H,1-2H3,(H,22,24). The normalized spacial score (nSPS) is 10.1. The van der Waals surface area contributed by atoms with Gasteiger partial charge in [0, 0.05) is 18.0 Å². The third-order valence-corrected chi connectivity index (χ3v) is 3.73. The van der Waals surface area contributed by atoms with Crippen molar-refractivity contribution < 1.29 is 24.1 Å². The van der Waals surface area contributed by atoms with Gasteiger partial charge in [-0.3, -0.25) is 4.79 Å². The first-order valence-electron chi connectivity index (χ1n) is 8.06. The van der Waals surface area contributed by atoms with Crippen molar-refractivity contribution in [3.8, 4) is 28.7 Å². The summed E-state index contributed by atoms with van der Waals surface area (Å²) in [6.07, 6.45) is 1.39. The number of hydrogen-bond acceptors (Lipinski definition) is 6. The third-order valence-electron chi connectivity index (χ3n) is 3.73. The van der Waals surface area contributed by atoms with E-state index in [0.29, 0.717) is 22.9 Å². The first-order valence-corrected chi connectivity index (χ1v) is 8.06. The second-order valence-corrected chi connectivity index (χ2v) is 5.44. The van der Waals surface area contributed by atoms with Gasteiger partial charge in [-0.25, -0.2) is 4.98 Å². The Hall–Kier alpha value is -3.74. The number of ether oxygens (including phenoxy) is 3. The number of aromatic hydroxyl groups is 1. The summed E-state index contributed by atoms with van der Waals surface area (Å²) in [5.74, 6) is 1.10. The lowest BCUT2D eigenvalue weighted by atomic mass is 10.2. The number of nitrogens with one attached hydrogen (secondary N) is 1. The highest BCUT2D eigenvalue weighted by molar-refractivity contribution is 6.05. The zero-order valence-corrected chi connectivity index (χ0v) is 14.8. The number of anilines is 1. The van der Waals surface area contributed by atoms with Gasteiger partial charge in [0.15, 0.2) is 28.7 Å². The van der Waals surface area contributed by atoms with Gasteiger partial charge in [0.2, 0.25) is 0 Å². The van der Waals surface area contributed by atoms with Crippen molar-refractivity contribution in [2.75, 3.05) is 19.5 Å². The molecule has 27 heavy (non-hydrogen) atoms. The fraction of sp³-hybridized carbons (Fsp3) is 0.100. The summed E-state index contributed by atoms with van der Waals surface area (Å²) in [6.45, 7) is 0. The first-order chi connectivity index (χ1) is 13.1. The molecule has 0 unspecified atom stereocenters. The molecule has 0 saturated carbocycles. The van der Waals surface area contributed by atoms with Crippen LogP contribution in [-0.4, -0.2) is 30.2 Å². The Balaban J connectivity index is 1.72. The topological polar surface area (TPSA) is 89.9 Å². The van der Waals surface area contributed by atoms with Crippen molar-refractivity contribution in [3.05, 3.63) is 66.5 Å². The zero-order chi connectivity index (χ0) is 19.2. The lowest BCUT2D eigenvalue weighted by Gasteiger charge is -2.11. The van der Waals surface area contributed by atoms with Crippen molar-refractivity contribution >= 4 is 11.6 Å². The molecule has 0 aliphatic rings. The SMILES string of the molecule is COc1ccccc1Oc1ccc(NC(=O)c2nccc(OC)c2O)cc1. The molecule has 1 heterocycles. The summed E-state index contributed by atoms with van der Waals surface area (Å²) in [4.78, 5) is 16.2. The number of benzene rings is 2. The lowest BCUT2D eigenvalue weighted by Crippen LogP contribution is -2.14. The van der Waals surface area contributed by atoms with Crippen molar-refractivity contribution in [1.29, 1.82) is 0 Å². The molecule has 0 aliphatic carbocycles. The van der Waals surface area contributed by atoms with Crippen LogP contribution < -0.4 is 19.5 Å². The van der Waals surface area contributed by atoms with Crippen molar-refractivity contribution in [3.63, 3.8) is 0 Å². The molecule has 138 valence electrons. The molecular weight excluding hydrogens is 348 g/mol. The van der Waals surface area contributed by atoms with Gasteiger partial charge in [0.05, 0.1) is 14.2 Å². The molecule has 0 saturated heterocycles. The summed E-state index contributed by atoms with van der Waals surface area (Å²) >= 11 is 0. The van der Waals surface area contributed by atoms with Gasteiger partial charge < -0.3 is 24.6 Å². The molecule has 3 aromatic rings. The Morgan fingerprint density at radius 3 is 2.26 bits per heavy atom. The fourth-order valence-electron chi connectivity index (χ4n) is 2.39. The minimum atomic E-state index is -0.551. The van der Waals surface area contributed by atoms with Crippen LogP contribution in [0.5, 0.6) is 28.7 Å². The lowest BCUT2D eigenvalue weighted by molar-refractivity contribution is 0.101. The van der Waals surface area contributed by atoms with E-state index in [2.05, 4.69) is 10.3 Å². The van der Waals surface area contributed by atoms with Gasteiger partial charge >= 0.3 is 0 Å². The summed E-state index contributed by atoms with van der Waals surface area (Å²) in [5.41, 5.74) is 0.403. The molecule has 0 fully saturated rings. The zero-order valence-electron chi connectivity index (χ0n) is 14.8. The first kappa shape index (κ1) is 18.1. The average Bonchev–Trinajstić information content (AvgIpc) is 2.70. The smallest absolute Gasteiger partial charge is 0.278 e. The highest BCUT2D eigenvalue weighted by Crippen LogP contribution is 2.32. The molecule has 0 bridgehead atoms. The number of hydrogen-bond donors (Lipinski definition) is 2. The van der Waals surface area contributed by atoms with E-state index in [1.165, 1.54) is 19.4 Å². The predicted octanol–water partition coefficient (Wildman–Crippen LogP) is 3.85. The number of carbonyl (C=O) groups excluding carboxylic acids is 1. The fourth-order valence-corrected chi connectivity index (χ4v) is 2.39. The van der Waals surface area contributed by atoms with E-state index in [4.69, 9.17) is 14.2 Å². The molecule has 0 aliphatic heterocycles. The molecule has 2 aromatic carbocycles. The van der Waals surface area contributed by atoms with E-state index in [1.54, 1.807) is 43.5 Å². The minimum Gasteiger partial charge on any atom is -0.503 e. The van der Waals surface area contributed by atoms with E-state index in [9.17, 15) is 9.90 Å². The molecule has 3 rings (SSSR count). The van der Waals surface area contributed by atoms with E-state index in [1.807, 2.05) is 12.1 Å². The quantitative estimate of drug-likeness (QED) is 0.689. The Labute approximate surface area is 156 Å². The number of pyridine rings is 1. The van der Waals surface area contributed by atoms with Gasteiger partial charge in [0.25, 0.3) is 5.91 Å². The van der Waals surface area contributed by atoms with E-state index in [-0.39, 0.29) is 17.2 Å². The van der Waals surface area contributed by atoms with Crippen molar-refractivity contribution in [1.82, 2.24) is 4.98 Å². The van der Waals surface area contributed by atoms with E-state index < -0.39 is 5.91 Å². The molecule has 1 aromatic heterocycles. The average molecular weight is 366 g/mol. The van der Waals surface area contributed by atoms with Gasteiger partial charge in [-0.2, -0.15) is 0 Å².